The molecule has 1 atom stereocenters. The Balaban J connectivity index is 0.00000176. The van der Waals surface area contributed by atoms with Gasteiger partial charge in [0, 0.05) is 12.2 Å². The van der Waals surface area contributed by atoms with E-state index in [4.69, 9.17) is 4.74 Å². The molecule has 1 aliphatic carbocycles. The molecule has 0 bridgehead atoms. The molecule has 0 amide bonds. The summed E-state index contributed by atoms with van der Waals surface area (Å²) in [5.74, 6) is -0.0707. The molecule has 2 aliphatic rings. The van der Waals surface area contributed by atoms with Gasteiger partial charge in [0.25, 0.3) is 0 Å². The van der Waals surface area contributed by atoms with E-state index < -0.39 is 5.97 Å². The molecule has 1 heterocycles. The number of fused-ring (bicyclic) bond motifs is 1. The number of carboxylic acids is 1. The molecule has 4 nitrogen and oxygen atoms in total. The minimum absolute atomic E-state index is 0.0233. The van der Waals surface area contributed by atoms with E-state index in [0.717, 1.165) is 35.6 Å². The van der Waals surface area contributed by atoms with Crippen molar-refractivity contribution in [3.8, 4) is 0 Å². The highest BCUT2D eigenvalue weighted by Gasteiger charge is 2.34. The van der Waals surface area contributed by atoms with Crippen molar-refractivity contribution < 1.29 is 14.6 Å². The summed E-state index contributed by atoms with van der Waals surface area (Å²) in [7, 11) is 1.63. The highest BCUT2D eigenvalue weighted by atomic mass is 16.5. The van der Waals surface area contributed by atoms with Gasteiger partial charge in [0.15, 0.2) is 0 Å². The van der Waals surface area contributed by atoms with Crippen LogP contribution in [0.25, 0.3) is 0 Å². The van der Waals surface area contributed by atoms with Crippen LogP contribution in [0.4, 0.5) is 0 Å². The molecule has 0 saturated carbocycles. The van der Waals surface area contributed by atoms with Crippen LogP contribution < -0.4 is 0 Å². The maximum Gasteiger partial charge on any atom is 0.307 e. The average Bonchev–Trinajstić information content (AvgIpc) is 2.83. The van der Waals surface area contributed by atoms with Crippen LogP contribution >= 0.6 is 0 Å². The topological polar surface area (TPSA) is 49.8 Å². The molecule has 0 aromatic rings. The molecule has 0 fully saturated rings. The SMILES string of the molecule is C/C=C\C/C(=C\C)CN1C(C)=C(CC(=O)O)C2=CC(OC)=CC=CC21.CC. The predicted octanol–water partition coefficient (Wildman–Crippen LogP) is 5.38. The zero-order valence-corrected chi connectivity index (χ0v) is 17.5. The molecule has 27 heavy (non-hydrogen) atoms. The van der Waals surface area contributed by atoms with E-state index in [-0.39, 0.29) is 12.5 Å². The number of allylic oxidation sites excluding steroid dienone is 7. The van der Waals surface area contributed by atoms with Crippen LogP contribution in [0, 0.1) is 0 Å². The number of carboxylic acid groups (broad SMARTS) is 1. The normalized spacial score (nSPS) is 19.3. The van der Waals surface area contributed by atoms with E-state index in [1.807, 2.05) is 45.9 Å². The lowest BCUT2D eigenvalue weighted by Gasteiger charge is -2.28. The molecule has 0 aromatic carbocycles. The van der Waals surface area contributed by atoms with Gasteiger partial charge in [-0.05, 0) is 50.5 Å². The zero-order valence-electron chi connectivity index (χ0n) is 17.5. The van der Waals surface area contributed by atoms with E-state index in [1.165, 1.54) is 5.57 Å². The third-order valence-corrected chi connectivity index (χ3v) is 4.68. The van der Waals surface area contributed by atoms with E-state index in [0.29, 0.717) is 0 Å². The highest BCUT2D eigenvalue weighted by Crippen LogP contribution is 2.38. The molecule has 0 radical (unpaired) electrons. The maximum absolute atomic E-state index is 11.4. The van der Waals surface area contributed by atoms with Crippen LogP contribution in [0.2, 0.25) is 0 Å². The molecule has 1 unspecified atom stereocenters. The summed E-state index contributed by atoms with van der Waals surface area (Å²) < 4.78 is 5.38. The first-order valence-corrected chi connectivity index (χ1v) is 9.59. The fourth-order valence-corrected chi connectivity index (χ4v) is 3.26. The van der Waals surface area contributed by atoms with Crippen LogP contribution in [-0.4, -0.2) is 35.7 Å². The second kappa shape index (κ2) is 11.3. The van der Waals surface area contributed by atoms with Crippen molar-refractivity contribution in [2.24, 2.45) is 0 Å². The largest absolute Gasteiger partial charge is 0.497 e. The van der Waals surface area contributed by atoms with E-state index >= 15 is 0 Å². The van der Waals surface area contributed by atoms with Gasteiger partial charge in [-0.25, -0.2) is 0 Å². The standard InChI is InChI=1S/C21H27NO3.C2H6/c1-5-7-9-16(6-2)14-22-15(3)18(13-21(23)24)19-12-17(25-4)10-8-11-20(19)22;1-2/h5-8,10-12,20H,9,13-14H2,1-4H3,(H,23,24);1-2H3/b7-5-,16-6+;. The van der Waals surface area contributed by atoms with Gasteiger partial charge in [-0.2, -0.15) is 0 Å². The second-order valence-electron chi connectivity index (χ2n) is 6.19. The van der Waals surface area contributed by atoms with Crippen molar-refractivity contribution in [3.05, 3.63) is 70.7 Å². The van der Waals surface area contributed by atoms with Crippen molar-refractivity contribution >= 4 is 5.97 Å². The molecular formula is C23H33NO3. The number of hydrogen-bond donors (Lipinski definition) is 1. The second-order valence-corrected chi connectivity index (χ2v) is 6.19. The van der Waals surface area contributed by atoms with Crippen LogP contribution in [0.5, 0.6) is 0 Å². The fourth-order valence-electron chi connectivity index (χ4n) is 3.26. The first-order valence-electron chi connectivity index (χ1n) is 9.59. The molecular weight excluding hydrogens is 338 g/mol. The minimum Gasteiger partial charge on any atom is -0.497 e. The molecule has 4 heteroatoms. The van der Waals surface area contributed by atoms with Crippen molar-refractivity contribution in [1.29, 1.82) is 0 Å². The smallest absolute Gasteiger partial charge is 0.307 e. The summed E-state index contributed by atoms with van der Waals surface area (Å²) in [6.45, 7) is 10.9. The van der Waals surface area contributed by atoms with Gasteiger partial charge in [-0.1, -0.05) is 49.8 Å². The Morgan fingerprint density at radius 3 is 2.59 bits per heavy atom. The summed E-state index contributed by atoms with van der Waals surface area (Å²) in [4.78, 5) is 13.7. The summed E-state index contributed by atoms with van der Waals surface area (Å²) >= 11 is 0. The van der Waals surface area contributed by atoms with Crippen molar-refractivity contribution in [2.75, 3.05) is 13.7 Å². The summed E-state index contributed by atoms with van der Waals surface area (Å²) in [5.41, 5.74) is 4.24. The van der Waals surface area contributed by atoms with Gasteiger partial charge in [0.1, 0.15) is 5.76 Å². The van der Waals surface area contributed by atoms with Crippen molar-refractivity contribution in [1.82, 2.24) is 4.90 Å². The number of ether oxygens (including phenoxy) is 1. The van der Waals surface area contributed by atoms with Gasteiger partial charge in [-0.3, -0.25) is 4.79 Å². The van der Waals surface area contributed by atoms with Crippen molar-refractivity contribution in [2.45, 2.75) is 53.5 Å². The maximum atomic E-state index is 11.4. The van der Waals surface area contributed by atoms with Gasteiger partial charge in [0.05, 0.1) is 19.6 Å². The van der Waals surface area contributed by atoms with Gasteiger partial charge in [0.2, 0.25) is 0 Å². The lowest BCUT2D eigenvalue weighted by atomic mass is 9.98. The summed E-state index contributed by atoms with van der Waals surface area (Å²) in [6, 6.07) is 0.0406. The molecule has 148 valence electrons. The Morgan fingerprint density at radius 1 is 1.33 bits per heavy atom. The Labute approximate surface area is 163 Å². The first kappa shape index (κ1) is 22.6. The Bertz CT molecular complexity index is 705. The summed E-state index contributed by atoms with van der Waals surface area (Å²) in [6.07, 6.45) is 15.2. The number of methoxy groups -OCH3 is 1. The number of aliphatic carboxylic acids is 1. The number of nitrogens with zero attached hydrogens (tertiary/aromatic N) is 1. The monoisotopic (exact) mass is 371 g/mol. The Kier molecular flexibility index (Phi) is 9.41. The Hall–Kier alpha value is -2.49. The third kappa shape index (κ3) is 5.75. The van der Waals surface area contributed by atoms with Crippen LogP contribution in [0.1, 0.15) is 47.5 Å². The third-order valence-electron chi connectivity index (χ3n) is 4.68. The quantitative estimate of drug-likeness (QED) is 0.610. The average molecular weight is 372 g/mol. The zero-order chi connectivity index (χ0) is 20.4. The predicted molar refractivity (Wildman–Crippen MR) is 112 cm³/mol. The molecule has 1 N–H and O–H groups in total. The van der Waals surface area contributed by atoms with Gasteiger partial charge < -0.3 is 14.7 Å². The van der Waals surface area contributed by atoms with Crippen LogP contribution in [0.3, 0.4) is 0 Å². The molecule has 1 aliphatic heterocycles. The minimum atomic E-state index is -0.813. The molecule has 0 spiro atoms. The molecule has 0 saturated heterocycles. The lowest BCUT2D eigenvalue weighted by Crippen LogP contribution is -2.30. The Morgan fingerprint density at radius 2 is 2.04 bits per heavy atom. The molecule has 0 aromatic heterocycles. The van der Waals surface area contributed by atoms with Crippen LogP contribution in [0.15, 0.2) is 70.7 Å². The number of rotatable bonds is 7. The lowest BCUT2D eigenvalue weighted by molar-refractivity contribution is -0.136. The number of carbonyl (C=O) groups is 1. The number of hydrogen-bond acceptors (Lipinski definition) is 3. The van der Waals surface area contributed by atoms with Gasteiger partial charge in [-0.15, -0.1) is 0 Å². The van der Waals surface area contributed by atoms with Crippen LogP contribution in [-0.2, 0) is 9.53 Å². The van der Waals surface area contributed by atoms with E-state index in [2.05, 4.69) is 36.1 Å². The van der Waals surface area contributed by atoms with Crippen molar-refractivity contribution in [3.63, 3.8) is 0 Å². The van der Waals surface area contributed by atoms with E-state index in [9.17, 15) is 9.90 Å². The summed E-state index contributed by atoms with van der Waals surface area (Å²) in [5, 5.41) is 9.34. The fraction of sp³-hybridized carbons (Fsp3) is 0.435. The molecule has 2 rings (SSSR count). The van der Waals surface area contributed by atoms with E-state index in [1.54, 1.807) is 7.11 Å². The van der Waals surface area contributed by atoms with Gasteiger partial charge >= 0.3 is 5.97 Å². The first-order chi connectivity index (χ1) is 13.0. The highest BCUT2D eigenvalue weighted by molar-refractivity contribution is 5.73.